The Balaban J connectivity index is 4.41. The van der Waals surface area contributed by atoms with Crippen molar-refractivity contribution in [2.45, 2.75) is 361 Å². The molecule has 0 rings (SSSR count). The largest absolute Gasteiger partial charge is 0.462 e. The molecule has 0 aliphatic rings. The van der Waals surface area contributed by atoms with E-state index in [2.05, 4.69) is 75.5 Å². The van der Waals surface area contributed by atoms with Crippen molar-refractivity contribution in [1.82, 2.24) is 0 Å². The summed E-state index contributed by atoms with van der Waals surface area (Å²) in [5, 5.41) is 0. The summed E-state index contributed by atoms with van der Waals surface area (Å²) < 4.78 is 16.9. The first-order valence-corrected chi connectivity index (χ1v) is 33.8. The molecule has 0 bridgehead atoms. The molecular formula is C71H128O6. The fourth-order valence-corrected chi connectivity index (χ4v) is 9.96. The van der Waals surface area contributed by atoms with Crippen LogP contribution in [0, 0.1) is 0 Å². The van der Waals surface area contributed by atoms with Crippen molar-refractivity contribution < 1.29 is 28.6 Å². The molecule has 77 heavy (non-hydrogen) atoms. The predicted octanol–water partition coefficient (Wildman–Crippen LogP) is 23.1. The normalized spacial score (nSPS) is 12.4. The first-order valence-electron chi connectivity index (χ1n) is 33.8. The van der Waals surface area contributed by atoms with Crippen molar-refractivity contribution in [3.05, 3.63) is 60.8 Å². The van der Waals surface area contributed by atoms with Gasteiger partial charge in [0.25, 0.3) is 0 Å². The average molecular weight is 1080 g/mol. The molecule has 0 saturated carbocycles. The maximum Gasteiger partial charge on any atom is 0.306 e. The standard InChI is InChI=1S/C71H128O6/c1-4-7-10-13-16-19-22-25-28-31-34-35-38-40-43-46-49-52-55-58-61-64-70(73)76-67-68(77-71(74)65-62-59-56-53-50-47-44-41-37-33-30-27-24-21-18-15-12-9-6-3)66-75-69(72)63-60-57-54-51-48-45-42-39-36-32-29-26-23-20-17-14-11-8-5-2/h18,21,27,30,37,41,47,50,56,59,68H,4-17,19-20,22-26,28-29,31-36,38-40,42-46,48-49,51-55,57-58,60-67H2,1-3H3/b21-18-,30-27-,41-37-,50-47-,59-56-. The van der Waals surface area contributed by atoms with E-state index >= 15 is 0 Å². The van der Waals surface area contributed by atoms with Gasteiger partial charge in [0.05, 0.1) is 0 Å². The Bertz CT molecular complexity index is 1380. The number of carbonyl (C=O) groups is 3. The highest BCUT2D eigenvalue weighted by atomic mass is 16.6. The molecule has 0 radical (unpaired) electrons. The summed E-state index contributed by atoms with van der Waals surface area (Å²) in [5.74, 6) is -0.958. The van der Waals surface area contributed by atoms with Crippen LogP contribution in [0.2, 0.25) is 0 Å². The van der Waals surface area contributed by atoms with E-state index in [1.165, 1.54) is 244 Å². The number of hydrogen-bond acceptors (Lipinski definition) is 6. The second-order valence-corrected chi connectivity index (χ2v) is 22.7. The summed E-state index contributed by atoms with van der Waals surface area (Å²) >= 11 is 0. The summed E-state index contributed by atoms with van der Waals surface area (Å²) in [7, 11) is 0. The third-order valence-corrected chi connectivity index (χ3v) is 15.0. The van der Waals surface area contributed by atoms with E-state index in [0.29, 0.717) is 19.3 Å². The minimum Gasteiger partial charge on any atom is -0.462 e. The zero-order chi connectivity index (χ0) is 55.7. The average Bonchev–Trinajstić information content (AvgIpc) is 3.43. The second-order valence-electron chi connectivity index (χ2n) is 22.7. The van der Waals surface area contributed by atoms with Crippen LogP contribution in [0.1, 0.15) is 355 Å². The molecule has 0 saturated heterocycles. The minimum absolute atomic E-state index is 0.0989. The number of esters is 3. The number of allylic oxidation sites excluding steroid dienone is 10. The first kappa shape index (κ1) is 74.1. The van der Waals surface area contributed by atoms with Crippen LogP contribution < -0.4 is 0 Å². The van der Waals surface area contributed by atoms with Gasteiger partial charge in [-0.25, -0.2) is 0 Å². The molecule has 0 heterocycles. The summed E-state index contributed by atoms with van der Waals surface area (Å²) in [6.07, 6.45) is 83.9. The van der Waals surface area contributed by atoms with Gasteiger partial charge in [0, 0.05) is 19.3 Å². The van der Waals surface area contributed by atoms with Gasteiger partial charge in [-0.1, -0.05) is 338 Å². The van der Waals surface area contributed by atoms with Gasteiger partial charge in [0.2, 0.25) is 0 Å². The summed E-state index contributed by atoms with van der Waals surface area (Å²) in [5.41, 5.74) is 0. The Kier molecular flexibility index (Phi) is 63.2. The Morgan fingerprint density at radius 2 is 0.494 bits per heavy atom. The van der Waals surface area contributed by atoms with Gasteiger partial charge in [-0.2, -0.15) is 0 Å². The van der Waals surface area contributed by atoms with Crippen LogP contribution in [-0.2, 0) is 28.6 Å². The minimum atomic E-state index is -0.812. The van der Waals surface area contributed by atoms with Crippen LogP contribution in [-0.4, -0.2) is 37.2 Å². The van der Waals surface area contributed by atoms with E-state index in [-0.39, 0.29) is 37.5 Å². The number of rotatable bonds is 62. The lowest BCUT2D eigenvalue weighted by Crippen LogP contribution is -2.30. The fraction of sp³-hybridized carbons (Fsp3) is 0.817. The van der Waals surface area contributed by atoms with E-state index in [9.17, 15) is 14.4 Å². The molecule has 6 nitrogen and oxygen atoms in total. The third kappa shape index (κ3) is 63.8. The number of hydrogen-bond donors (Lipinski definition) is 0. The number of unbranched alkanes of at least 4 members (excludes halogenated alkanes) is 41. The van der Waals surface area contributed by atoms with Crippen LogP contribution in [0.3, 0.4) is 0 Å². The molecule has 0 aromatic carbocycles. The topological polar surface area (TPSA) is 78.9 Å². The monoisotopic (exact) mass is 1080 g/mol. The van der Waals surface area contributed by atoms with Crippen LogP contribution in [0.4, 0.5) is 0 Å². The van der Waals surface area contributed by atoms with Gasteiger partial charge in [-0.3, -0.25) is 14.4 Å². The van der Waals surface area contributed by atoms with Crippen LogP contribution in [0.15, 0.2) is 60.8 Å². The Hall–Kier alpha value is -2.89. The lowest BCUT2D eigenvalue weighted by molar-refractivity contribution is -0.166. The van der Waals surface area contributed by atoms with Crippen molar-refractivity contribution in [2.24, 2.45) is 0 Å². The molecule has 0 aliphatic heterocycles. The molecule has 6 heteroatoms. The highest BCUT2D eigenvalue weighted by Gasteiger charge is 2.19. The fourth-order valence-electron chi connectivity index (χ4n) is 9.96. The molecule has 448 valence electrons. The van der Waals surface area contributed by atoms with Crippen molar-refractivity contribution in [1.29, 1.82) is 0 Å². The molecule has 0 fully saturated rings. The predicted molar refractivity (Wildman–Crippen MR) is 335 cm³/mol. The van der Waals surface area contributed by atoms with E-state index in [1.54, 1.807) is 0 Å². The van der Waals surface area contributed by atoms with Crippen molar-refractivity contribution in [3.8, 4) is 0 Å². The molecule has 1 atom stereocenters. The van der Waals surface area contributed by atoms with Gasteiger partial charge >= 0.3 is 17.9 Å². The van der Waals surface area contributed by atoms with Gasteiger partial charge in [-0.05, 0) is 57.8 Å². The van der Waals surface area contributed by atoms with Gasteiger partial charge in [0.15, 0.2) is 6.10 Å². The highest BCUT2D eigenvalue weighted by Crippen LogP contribution is 2.18. The van der Waals surface area contributed by atoms with E-state index in [0.717, 1.165) is 64.2 Å². The van der Waals surface area contributed by atoms with Gasteiger partial charge in [0.1, 0.15) is 13.2 Å². The third-order valence-electron chi connectivity index (χ3n) is 15.0. The quantitative estimate of drug-likeness (QED) is 0.0261. The van der Waals surface area contributed by atoms with Crippen LogP contribution in [0.25, 0.3) is 0 Å². The van der Waals surface area contributed by atoms with Crippen molar-refractivity contribution in [3.63, 3.8) is 0 Å². The zero-order valence-electron chi connectivity index (χ0n) is 51.5. The summed E-state index contributed by atoms with van der Waals surface area (Å²) in [4.78, 5) is 38.4. The molecule has 0 spiro atoms. The smallest absolute Gasteiger partial charge is 0.306 e. The Morgan fingerprint density at radius 3 is 0.779 bits per heavy atom. The molecule has 0 N–H and O–H groups in total. The zero-order valence-corrected chi connectivity index (χ0v) is 51.5. The van der Waals surface area contributed by atoms with E-state index < -0.39 is 6.10 Å². The van der Waals surface area contributed by atoms with E-state index in [1.807, 2.05) is 6.08 Å². The molecule has 0 amide bonds. The molecular weight excluding hydrogens is 949 g/mol. The lowest BCUT2D eigenvalue weighted by Gasteiger charge is -2.18. The first-order chi connectivity index (χ1) is 38.0. The van der Waals surface area contributed by atoms with Crippen LogP contribution >= 0.6 is 0 Å². The lowest BCUT2D eigenvalue weighted by atomic mass is 10.0. The molecule has 0 aliphatic carbocycles. The van der Waals surface area contributed by atoms with Crippen molar-refractivity contribution in [2.75, 3.05) is 13.2 Å². The maximum absolute atomic E-state index is 12.9. The van der Waals surface area contributed by atoms with Crippen molar-refractivity contribution >= 4 is 17.9 Å². The number of ether oxygens (including phenoxy) is 3. The maximum atomic E-state index is 12.9. The summed E-state index contributed by atoms with van der Waals surface area (Å²) in [6, 6.07) is 0. The Labute approximate surface area is 479 Å². The number of carbonyl (C=O) groups excluding carboxylic acids is 3. The molecule has 0 aromatic rings. The van der Waals surface area contributed by atoms with Gasteiger partial charge < -0.3 is 14.2 Å². The Morgan fingerprint density at radius 1 is 0.260 bits per heavy atom. The SMILES string of the molecule is CCCCC/C=C\C/C=C\C/C=C\C/C=C\C/C=C\CCC(=O)OC(COC(=O)CCCCCCCCCCCCCCCCCCCCC)COC(=O)CCCCCCCCCCCCCCCCCCCCCCC. The molecule has 0 aromatic heterocycles. The van der Waals surface area contributed by atoms with E-state index in [4.69, 9.17) is 14.2 Å². The van der Waals surface area contributed by atoms with Gasteiger partial charge in [-0.15, -0.1) is 0 Å². The second kappa shape index (κ2) is 65.6. The molecule has 1 unspecified atom stereocenters. The highest BCUT2D eigenvalue weighted by molar-refractivity contribution is 5.71. The summed E-state index contributed by atoms with van der Waals surface area (Å²) in [6.45, 7) is 6.62. The van der Waals surface area contributed by atoms with Crippen LogP contribution in [0.5, 0.6) is 0 Å².